The van der Waals surface area contributed by atoms with Crippen molar-refractivity contribution in [3.63, 3.8) is 0 Å². The number of benzene rings is 2. The molecule has 2 rings (SSSR count). The summed E-state index contributed by atoms with van der Waals surface area (Å²) in [5.74, 6) is -0.525. The first-order valence-electron chi connectivity index (χ1n) is 7.90. The maximum atomic E-state index is 12.3. The summed E-state index contributed by atoms with van der Waals surface area (Å²) in [6, 6.07) is 16.0. The van der Waals surface area contributed by atoms with Gasteiger partial charge in [0.15, 0.2) is 6.10 Å². The number of amides is 2. The molecule has 0 fully saturated rings. The lowest BCUT2D eigenvalue weighted by Crippen LogP contribution is -2.28. The van der Waals surface area contributed by atoms with Crippen molar-refractivity contribution >= 4 is 17.5 Å². The van der Waals surface area contributed by atoms with Gasteiger partial charge in [-0.05, 0) is 24.1 Å². The Bertz CT molecular complexity index is 701. The van der Waals surface area contributed by atoms with E-state index in [2.05, 4.69) is 5.32 Å². The molecular weight excluding hydrogens is 304 g/mol. The van der Waals surface area contributed by atoms with Gasteiger partial charge in [0.2, 0.25) is 5.91 Å². The minimum Gasteiger partial charge on any atom is -0.378 e. The highest BCUT2D eigenvalue weighted by atomic mass is 16.3. The van der Waals surface area contributed by atoms with E-state index in [9.17, 15) is 14.7 Å². The molecule has 1 atom stereocenters. The Labute approximate surface area is 141 Å². The molecule has 1 unspecified atom stereocenters. The van der Waals surface area contributed by atoms with Crippen LogP contribution in [0.5, 0.6) is 0 Å². The lowest BCUT2D eigenvalue weighted by atomic mass is 10.1. The monoisotopic (exact) mass is 326 g/mol. The number of nitrogens with one attached hydrogen (secondary N) is 1. The predicted molar refractivity (Wildman–Crippen MR) is 93.2 cm³/mol. The largest absolute Gasteiger partial charge is 0.378 e. The van der Waals surface area contributed by atoms with Crippen molar-refractivity contribution in [1.29, 1.82) is 0 Å². The zero-order chi connectivity index (χ0) is 17.5. The minimum absolute atomic E-state index is 0.0250. The molecule has 0 aliphatic rings. The highest BCUT2D eigenvalue weighted by Crippen LogP contribution is 2.20. The topological polar surface area (TPSA) is 69.6 Å². The molecule has 2 aromatic rings. The SMILES string of the molecule is CCN(Cc1ccccc1NC(=O)C(O)c1ccccc1)C(C)=O. The summed E-state index contributed by atoms with van der Waals surface area (Å²) in [4.78, 5) is 25.6. The molecule has 0 aliphatic carbocycles. The second kappa shape index (κ2) is 8.26. The van der Waals surface area contributed by atoms with Crippen LogP contribution in [-0.2, 0) is 16.1 Å². The minimum atomic E-state index is -1.24. The number of carbonyl (C=O) groups is 2. The first-order chi connectivity index (χ1) is 11.5. The second-order valence-corrected chi connectivity index (χ2v) is 5.49. The summed E-state index contributed by atoms with van der Waals surface area (Å²) < 4.78 is 0. The van der Waals surface area contributed by atoms with Crippen molar-refractivity contribution in [2.75, 3.05) is 11.9 Å². The van der Waals surface area contributed by atoms with Crippen LogP contribution < -0.4 is 5.32 Å². The van der Waals surface area contributed by atoms with Gasteiger partial charge >= 0.3 is 0 Å². The molecule has 126 valence electrons. The van der Waals surface area contributed by atoms with Crippen LogP contribution in [-0.4, -0.2) is 28.4 Å². The quantitative estimate of drug-likeness (QED) is 0.857. The molecule has 0 saturated heterocycles. The van der Waals surface area contributed by atoms with Gasteiger partial charge in [0.1, 0.15) is 0 Å². The fourth-order valence-corrected chi connectivity index (χ4v) is 2.42. The van der Waals surface area contributed by atoms with Gasteiger partial charge in [-0.2, -0.15) is 0 Å². The Morgan fingerprint density at radius 2 is 1.71 bits per heavy atom. The van der Waals surface area contributed by atoms with Crippen LogP contribution in [0.2, 0.25) is 0 Å². The smallest absolute Gasteiger partial charge is 0.257 e. The Balaban J connectivity index is 2.15. The molecule has 2 amide bonds. The number of aliphatic hydroxyl groups is 1. The molecule has 0 aliphatic heterocycles. The molecule has 2 aromatic carbocycles. The van der Waals surface area contributed by atoms with Gasteiger partial charge in [-0.1, -0.05) is 48.5 Å². The second-order valence-electron chi connectivity index (χ2n) is 5.49. The van der Waals surface area contributed by atoms with Gasteiger partial charge in [0.05, 0.1) is 0 Å². The van der Waals surface area contributed by atoms with Crippen LogP contribution in [0.25, 0.3) is 0 Å². The van der Waals surface area contributed by atoms with E-state index >= 15 is 0 Å². The third-order valence-electron chi connectivity index (χ3n) is 3.83. The maximum Gasteiger partial charge on any atom is 0.257 e. The van der Waals surface area contributed by atoms with E-state index in [0.29, 0.717) is 24.3 Å². The molecule has 0 saturated carbocycles. The summed E-state index contributed by atoms with van der Waals surface area (Å²) >= 11 is 0. The van der Waals surface area contributed by atoms with Crippen molar-refractivity contribution < 1.29 is 14.7 Å². The van der Waals surface area contributed by atoms with Gasteiger partial charge in [-0.3, -0.25) is 9.59 Å². The number of hydrogen-bond donors (Lipinski definition) is 2. The van der Waals surface area contributed by atoms with Crippen molar-refractivity contribution in [3.05, 3.63) is 65.7 Å². The maximum absolute atomic E-state index is 12.3. The molecular formula is C19H22N2O3. The van der Waals surface area contributed by atoms with E-state index in [1.807, 2.05) is 25.1 Å². The Morgan fingerprint density at radius 3 is 2.33 bits per heavy atom. The van der Waals surface area contributed by atoms with Crippen LogP contribution >= 0.6 is 0 Å². The van der Waals surface area contributed by atoms with Crippen molar-refractivity contribution in [2.45, 2.75) is 26.5 Å². The van der Waals surface area contributed by atoms with Crippen molar-refractivity contribution in [2.24, 2.45) is 0 Å². The lowest BCUT2D eigenvalue weighted by molar-refractivity contribution is -0.129. The first-order valence-corrected chi connectivity index (χ1v) is 7.90. The number of rotatable bonds is 6. The number of hydrogen-bond acceptors (Lipinski definition) is 3. The lowest BCUT2D eigenvalue weighted by Gasteiger charge is -2.21. The van der Waals surface area contributed by atoms with Crippen LogP contribution in [0, 0.1) is 0 Å². The van der Waals surface area contributed by atoms with E-state index in [1.165, 1.54) is 6.92 Å². The van der Waals surface area contributed by atoms with E-state index < -0.39 is 12.0 Å². The van der Waals surface area contributed by atoms with Crippen LogP contribution in [0.15, 0.2) is 54.6 Å². The van der Waals surface area contributed by atoms with E-state index in [0.717, 1.165) is 5.56 Å². The summed E-state index contributed by atoms with van der Waals surface area (Å²) in [6.07, 6.45) is -1.24. The van der Waals surface area contributed by atoms with Gasteiger partial charge < -0.3 is 15.3 Å². The van der Waals surface area contributed by atoms with Gasteiger partial charge in [-0.25, -0.2) is 0 Å². The molecule has 0 aromatic heterocycles. The molecule has 2 N–H and O–H groups in total. The van der Waals surface area contributed by atoms with E-state index in [4.69, 9.17) is 0 Å². The summed E-state index contributed by atoms with van der Waals surface area (Å²) in [7, 11) is 0. The number of carbonyl (C=O) groups excluding carboxylic acids is 2. The molecule has 5 heteroatoms. The zero-order valence-corrected chi connectivity index (χ0v) is 13.9. The zero-order valence-electron chi connectivity index (χ0n) is 13.9. The third-order valence-corrected chi connectivity index (χ3v) is 3.83. The number of anilines is 1. The fraction of sp³-hybridized carbons (Fsp3) is 0.263. The normalized spacial score (nSPS) is 11.6. The third kappa shape index (κ3) is 4.43. The van der Waals surface area contributed by atoms with Gasteiger partial charge in [0, 0.05) is 25.7 Å². The molecule has 5 nitrogen and oxygen atoms in total. The Kier molecular flexibility index (Phi) is 6.09. The Hall–Kier alpha value is -2.66. The van der Waals surface area contributed by atoms with E-state index in [-0.39, 0.29) is 5.91 Å². The fourth-order valence-electron chi connectivity index (χ4n) is 2.42. The van der Waals surface area contributed by atoms with Gasteiger partial charge in [0.25, 0.3) is 5.91 Å². The number of nitrogens with zero attached hydrogens (tertiary/aromatic N) is 1. The molecule has 0 spiro atoms. The van der Waals surface area contributed by atoms with Crippen molar-refractivity contribution in [3.8, 4) is 0 Å². The van der Waals surface area contributed by atoms with Crippen LogP contribution in [0.4, 0.5) is 5.69 Å². The van der Waals surface area contributed by atoms with Crippen LogP contribution in [0.1, 0.15) is 31.1 Å². The predicted octanol–water partition coefficient (Wildman–Crippen LogP) is 2.73. The highest BCUT2D eigenvalue weighted by Gasteiger charge is 2.18. The molecule has 0 bridgehead atoms. The first kappa shape index (κ1) is 17.7. The highest BCUT2D eigenvalue weighted by molar-refractivity contribution is 5.95. The average Bonchev–Trinajstić information content (AvgIpc) is 2.60. The van der Waals surface area contributed by atoms with Crippen molar-refractivity contribution in [1.82, 2.24) is 4.90 Å². The molecule has 0 radical (unpaired) electrons. The summed E-state index contributed by atoms with van der Waals surface area (Å²) in [5.41, 5.74) is 1.95. The number of para-hydroxylation sites is 1. The Morgan fingerprint density at radius 1 is 1.08 bits per heavy atom. The van der Waals surface area contributed by atoms with Gasteiger partial charge in [-0.15, -0.1) is 0 Å². The van der Waals surface area contributed by atoms with E-state index in [1.54, 1.807) is 41.3 Å². The summed E-state index contributed by atoms with van der Waals surface area (Å²) in [5, 5.41) is 12.9. The summed E-state index contributed by atoms with van der Waals surface area (Å²) in [6.45, 7) is 4.42. The average molecular weight is 326 g/mol. The molecule has 0 heterocycles. The van der Waals surface area contributed by atoms with Crippen LogP contribution in [0.3, 0.4) is 0 Å². The number of aliphatic hydroxyl groups excluding tert-OH is 1. The standard InChI is InChI=1S/C19H22N2O3/c1-3-21(14(2)22)13-16-11-7-8-12-17(16)20-19(24)18(23)15-9-5-4-6-10-15/h4-12,18,23H,3,13H2,1-2H3,(H,20,24). The molecule has 24 heavy (non-hydrogen) atoms.